The van der Waals surface area contributed by atoms with Crippen molar-refractivity contribution in [1.29, 1.82) is 0 Å². The minimum Gasteiger partial charge on any atom is -0.483 e. The van der Waals surface area contributed by atoms with Gasteiger partial charge in [0.15, 0.2) is 4.77 Å². The van der Waals surface area contributed by atoms with Gasteiger partial charge in [0.05, 0.1) is 11.0 Å². The molecule has 0 atom stereocenters. The number of aromatic nitrogens is 2. The number of hydrogen-bond acceptors (Lipinski definition) is 2. The molecule has 0 bridgehead atoms. The van der Waals surface area contributed by atoms with E-state index in [9.17, 15) is 0 Å². The van der Waals surface area contributed by atoms with Crippen LogP contribution in [0.4, 0.5) is 0 Å². The van der Waals surface area contributed by atoms with Crippen LogP contribution in [0.5, 0.6) is 0 Å². The highest BCUT2D eigenvalue weighted by Gasteiger charge is 1.90. The summed E-state index contributed by atoms with van der Waals surface area (Å²) in [4.78, 5) is 14.4. The van der Waals surface area contributed by atoms with E-state index in [0.717, 1.165) is 11.0 Å². The molecule has 0 saturated heterocycles. The van der Waals surface area contributed by atoms with Crippen molar-refractivity contribution < 1.29 is 9.90 Å². The number of rotatable bonds is 0. The van der Waals surface area contributed by atoms with E-state index in [2.05, 4.69) is 9.97 Å². The van der Waals surface area contributed by atoms with Crippen molar-refractivity contribution in [2.45, 2.75) is 0 Å². The second-order valence-electron chi connectivity index (χ2n) is 2.23. The molecule has 0 saturated carbocycles. The molecule has 0 aliphatic carbocycles. The second kappa shape index (κ2) is 4.42. The summed E-state index contributed by atoms with van der Waals surface area (Å²) in [5.74, 6) is 0. The summed E-state index contributed by atoms with van der Waals surface area (Å²) in [5.41, 5.74) is 2.13. The quantitative estimate of drug-likeness (QED) is 0.445. The van der Waals surface area contributed by atoms with Gasteiger partial charge >= 0.3 is 0 Å². The first-order valence-electron chi connectivity index (χ1n) is 3.53. The fourth-order valence-corrected chi connectivity index (χ4v) is 1.20. The molecular weight excluding hydrogens is 188 g/mol. The van der Waals surface area contributed by atoms with Crippen LogP contribution >= 0.6 is 12.2 Å². The van der Waals surface area contributed by atoms with E-state index >= 15 is 0 Å². The molecule has 68 valence electrons. The number of carbonyl (C=O) groups is 1. The molecule has 1 aromatic carbocycles. The number of carboxylic acid groups (broad SMARTS) is 1. The predicted molar refractivity (Wildman–Crippen MR) is 52.2 cm³/mol. The van der Waals surface area contributed by atoms with Gasteiger partial charge in [-0.2, -0.15) is 0 Å². The highest BCUT2D eigenvalue weighted by molar-refractivity contribution is 7.71. The Hall–Kier alpha value is -1.62. The molecule has 1 aromatic heterocycles. The van der Waals surface area contributed by atoms with Crippen molar-refractivity contribution in [2.24, 2.45) is 0 Å². The summed E-state index contributed by atoms with van der Waals surface area (Å²) >= 11 is 4.90. The van der Waals surface area contributed by atoms with E-state index in [1.54, 1.807) is 0 Å². The average molecular weight is 196 g/mol. The Balaban J connectivity index is 0.000000251. The van der Waals surface area contributed by atoms with Crippen LogP contribution in [0.15, 0.2) is 24.3 Å². The number of nitrogens with one attached hydrogen (secondary N) is 2. The first kappa shape index (κ1) is 9.47. The second-order valence-corrected chi connectivity index (χ2v) is 2.64. The van der Waals surface area contributed by atoms with Crippen LogP contribution in [-0.2, 0) is 4.79 Å². The summed E-state index contributed by atoms with van der Waals surface area (Å²) in [6, 6.07) is 7.92. The molecule has 0 spiro atoms. The number of aromatic amines is 2. The highest BCUT2D eigenvalue weighted by atomic mass is 32.1. The number of imidazole rings is 1. The first-order chi connectivity index (χ1) is 6.27. The molecule has 0 radical (unpaired) electrons. The number of H-pyrrole nitrogens is 2. The van der Waals surface area contributed by atoms with E-state index < -0.39 is 0 Å². The fourth-order valence-electron chi connectivity index (χ4n) is 0.977. The number of fused-ring (bicyclic) bond motifs is 1. The van der Waals surface area contributed by atoms with Crippen LogP contribution in [0, 0.1) is 4.77 Å². The van der Waals surface area contributed by atoms with Gasteiger partial charge in [0, 0.05) is 0 Å². The third-order valence-corrected chi connectivity index (χ3v) is 1.63. The number of benzene rings is 1. The van der Waals surface area contributed by atoms with Gasteiger partial charge < -0.3 is 15.1 Å². The lowest BCUT2D eigenvalue weighted by Crippen LogP contribution is -1.63. The molecule has 13 heavy (non-hydrogen) atoms. The van der Waals surface area contributed by atoms with Crippen LogP contribution in [0.1, 0.15) is 0 Å². The Morgan fingerprint density at radius 2 is 1.62 bits per heavy atom. The zero-order valence-electron chi connectivity index (χ0n) is 6.65. The monoisotopic (exact) mass is 196 g/mol. The molecule has 5 heteroatoms. The van der Waals surface area contributed by atoms with E-state index in [4.69, 9.17) is 22.1 Å². The van der Waals surface area contributed by atoms with Crippen molar-refractivity contribution in [3.63, 3.8) is 0 Å². The van der Waals surface area contributed by atoms with Gasteiger partial charge in [-0.25, -0.2) is 0 Å². The normalized spacial score (nSPS) is 8.92. The van der Waals surface area contributed by atoms with Gasteiger partial charge in [0.1, 0.15) is 0 Å². The average Bonchev–Trinajstić information content (AvgIpc) is 2.45. The van der Waals surface area contributed by atoms with Crippen molar-refractivity contribution in [3.05, 3.63) is 29.0 Å². The molecule has 2 rings (SSSR count). The lowest BCUT2D eigenvalue weighted by atomic mass is 10.3. The lowest BCUT2D eigenvalue weighted by Gasteiger charge is -1.82. The number of para-hydroxylation sites is 2. The third-order valence-electron chi connectivity index (χ3n) is 1.42. The van der Waals surface area contributed by atoms with Gasteiger partial charge in [-0.1, -0.05) is 12.1 Å². The van der Waals surface area contributed by atoms with Crippen LogP contribution in [0.25, 0.3) is 11.0 Å². The van der Waals surface area contributed by atoms with Gasteiger partial charge in [0.2, 0.25) is 0 Å². The maximum absolute atomic E-state index is 8.36. The highest BCUT2D eigenvalue weighted by Crippen LogP contribution is 2.06. The van der Waals surface area contributed by atoms with Gasteiger partial charge in [0.25, 0.3) is 6.47 Å². The molecule has 0 aliphatic rings. The predicted octanol–water partition coefficient (Wildman–Crippen LogP) is 1.93. The minimum atomic E-state index is -0.250. The van der Waals surface area contributed by atoms with E-state index in [1.807, 2.05) is 24.3 Å². The summed E-state index contributed by atoms with van der Waals surface area (Å²) in [7, 11) is 0. The van der Waals surface area contributed by atoms with Crippen molar-refractivity contribution in [3.8, 4) is 0 Å². The van der Waals surface area contributed by atoms with Gasteiger partial charge in [-0.3, -0.25) is 4.79 Å². The van der Waals surface area contributed by atoms with E-state index in [1.165, 1.54) is 0 Å². The molecule has 0 aliphatic heterocycles. The Morgan fingerprint density at radius 1 is 1.23 bits per heavy atom. The van der Waals surface area contributed by atoms with Crippen molar-refractivity contribution >= 4 is 29.7 Å². The largest absolute Gasteiger partial charge is 0.483 e. The zero-order valence-corrected chi connectivity index (χ0v) is 7.47. The lowest BCUT2D eigenvalue weighted by molar-refractivity contribution is -0.122. The van der Waals surface area contributed by atoms with Crippen LogP contribution < -0.4 is 0 Å². The van der Waals surface area contributed by atoms with Crippen LogP contribution in [0.3, 0.4) is 0 Å². The summed E-state index contributed by atoms with van der Waals surface area (Å²) in [6.07, 6.45) is 0. The molecule has 2 aromatic rings. The summed E-state index contributed by atoms with van der Waals surface area (Å²) < 4.78 is 0.682. The van der Waals surface area contributed by atoms with Gasteiger partial charge in [-0.05, 0) is 24.4 Å². The molecule has 4 nitrogen and oxygen atoms in total. The van der Waals surface area contributed by atoms with Crippen LogP contribution in [0.2, 0.25) is 0 Å². The van der Waals surface area contributed by atoms with Crippen molar-refractivity contribution in [1.82, 2.24) is 9.97 Å². The molecule has 0 fully saturated rings. The fraction of sp³-hybridized carbons (Fsp3) is 0. The smallest absolute Gasteiger partial charge is 0.290 e. The topological polar surface area (TPSA) is 68.9 Å². The SMILES string of the molecule is O=CO.S=c1[nH]c2ccccc2[nH]1. The Morgan fingerprint density at radius 3 is 2.00 bits per heavy atom. The van der Waals surface area contributed by atoms with E-state index in [-0.39, 0.29) is 6.47 Å². The van der Waals surface area contributed by atoms with E-state index in [0.29, 0.717) is 4.77 Å². The Kier molecular flexibility index (Phi) is 3.22. The zero-order chi connectivity index (χ0) is 9.68. The molecule has 0 amide bonds. The maximum Gasteiger partial charge on any atom is 0.290 e. The maximum atomic E-state index is 8.36. The third kappa shape index (κ3) is 2.41. The summed E-state index contributed by atoms with van der Waals surface area (Å²) in [5, 5.41) is 6.89. The Bertz CT molecular complexity index is 410. The summed E-state index contributed by atoms with van der Waals surface area (Å²) in [6.45, 7) is -0.250. The standard InChI is InChI=1S/C7H6N2S.CH2O2/c10-7-8-5-3-1-2-4-6(5)9-7;2-1-3/h1-4H,(H2,8,9,10);1H,(H,2,3). The molecule has 3 N–H and O–H groups in total. The molecule has 0 unspecified atom stereocenters. The molecule has 1 heterocycles. The van der Waals surface area contributed by atoms with Gasteiger partial charge in [-0.15, -0.1) is 0 Å². The van der Waals surface area contributed by atoms with Crippen molar-refractivity contribution in [2.75, 3.05) is 0 Å². The first-order valence-corrected chi connectivity index (χ1v) is 3.93. The van der Waals surface area contributed by atoms with Crippen LogP contribution in [-0.4, -0.2) is 21.5 Å². The Labute approximate surface area is 79.2 Å². The molecular formula is C8H8N2O2S. The minimum absolute atomic E-state index is 0.250. The number of hydrogen-bond donors (Lipinski definition) is 3.